The summed E-state index contributed by atoms with van der Waals surface area (Å²) in [5.74, 6) is 0. The SMILES string of the molecule is Cc1ccccc1CC(C)(CN)CN1CCCCC1. The van der Waals surface area contributed by atoms with Gasteiger partial charge in [-0.1, -0.05) is 37.6 Å². The predicted octanol–water partition coefficient (Wildman–Crippen LogP) is 2.99. The van der Waals surface area contributed by atoms with Crippen molar-refractivity contribution in [1.29, 1.82) is 0 Å². The first-order chi connectivity index (χ1) is 9.13. The molecule has 1 heterocycles. The van der Waals surface area contributed by atoms with Crippen LogP contribution >= 0.6 is 0 Å². The van der Waals surface area contributed by atoms with Gasteiger partial charge in [0.05, 0.1) is 0 Å². The Balaban J connectivity index is 2.02. The van der Waals surface area contributed by atoms with Gasteiger partial charge < -0.3 is 10.6 Å². The number of nitrogens with two attached hydrogens (primary N) is 1. The molecule has 2 heteroatoms. The molecule has 106 valence electrons. The Hall–Kier alpha value is -0.860. The van der Waals surface area contributed by atoms with Gasteiger partial charge >= 0.3 is 0 Å². The molecule has 0 amide bonds. The molecule has 1 atom stereocenters. The molecule has 0 aliphatic carbocycles. The van der Waals surface area contributed by atoms with Crippen LogP contribution in [0.15, 0.2) is 24.3 Å². The van der Waals surface area contributed by atoms with Crippen LogP contribution in [0.3, 0.4) is 0 Å². The third kappa shape index (κ3) is 4.05. The summed E-state index contributed by atoms with van der Waals surface area (Å²) in [4.78, 5) is 2.61. The Labute approximate surface area is 118 Å². The molecule has 2 nitrogen and oxygen atoms in total. The molecular formula is C17H28N2. The van der Waals surface area contributed by atoms with Crippen LogP contribution in [-0.4, -0.2) is 31.1 Å². The van der Waals surface area contributed by atoms with Crippen molar-refractivity contribution in [3.8, 4) is 0 Å². The fourth-order valence-electron chi connectivity index (χ4n) is 3.12. The number of hydrogen-bond acceptors (Lipinski definition) is 2. The topological polar surface area (TPSA) is 29.3 Å². The van der Waals surface area contributed by atoms with Crippen LogP contribution in [0.1, 0.15) is 37.3 Å². The van der Waals surface area contributed by atoms with E-state index in [9.17, 15) is 0 Å². The summed E-state index contributed by atoms with van der Waals surface area (Å²) in [6.45, 7) is 8.95. The van der Waals surface area contributed by atoms with Gasteiger partial charge in [0.1, 0.15) is 0 Å². The molecule has 1 aromatic carbocycles. The summed E-state index contributed by atoms with van der Waals surface area (Å²) in [5, 5.41) is 0. The first-order valence-corrected chi connectivity index (χ1v) is 7.60. The lowest BCUT2D eigenvalue weighted by Gasteiger charge is -2.37. The predicted molar refractivity (Wildman–Crippen MR) is 82.3 cm³/mol. The van der Waals surface area contributed by atoms with Crippen LogP contribution in [0.25, 0.3) is 0 Å². The van der Waals surface area contributed by atoms with Gasteiger partial charge in [0, 0.05) is 6.54 Å². The van der Waals surface area contributed by atoms with Crippen molar-refractivity contribution in [2.75, 3.05) is 26.2 Å². The van der Waals surface area contributed by atoms with Crippen molar-refractivity contribution in [3.63, 3.8) is 0 Å². The monoisotopic (exact) mass is 260 g/mol. The number of rotatable bonds is 5. The highest BCUT2D eigenvalue weighted by Crippen LogP contribution is 2.26. The van der Waals surface area contributed by atoms with Crippen molar-refractivity contribution in [1.82, 2.24) is 4.90 Å². The first kappa shape index (κ1) is 14.5. The Morgan fingerprint density at radius 1 is 1.16 bits per heavy atom. The smallest absolute Gasteiger partial charge is 0.00506 e. The van der Waals surface area contributed by atoms with Crippen LogP contribution in [0, 0.1) is 12.3 Å². The van der Waals surface area contributed by atoms with E-state index in [1.54, 1.807) is 0 Å². The van der Waals surface area contributed by atoms with E-state index in [0.29, 0.717) is 0 Å². The summed E-state index contributed by atoms with van der Waals surface area (Å²) in [5.41, 5.74) is 9.13. The van der Waals surface area contributed by atoms with Gasteiger partial charge in [-0.2, -0.15) is 0 Å². The molecule has 1 fully saturated rings. The summed E-state index contributed by atoms with van der Waals surface area (Å²) in [6.07, 6.45) is 5.19. The molecule has 0 aromatic heterocycles. The van der Waals surface area contributed by atoms with E-state index in [1.807, 2.05) is 0 Å². The van der Waals surface area contributed by atoms with Crippen LogP contribution < -0.4 is 5.73 Å². The molecule has 2 N–H and O–H groups in total. The minimum atomic E-state index is 0.198. The van der Waals surface area contributed by atoms with Crippen LogP contribution in [0.4, 0.5) is 0 Å². The average molecular weight is 260 g/mol. The molecule has 1 unspecified atom stereocenters. The lowest BCUT2D eigenvalue weighted by molar-refractivity contribution is 0.145. The van der Waals surface area contributed by atoms with E-state index in [1.165, 1.54) is 43.5 Å². The molecule has 1 aliphatic heterocycles. The number of likely N-dealkylation sites (tertiary alicyclic amines) is 1. The van der Waals surface area contributed by atoms with Gasteiger partial charge in [-0.3, -0.25) is 0 Å². The normalized spacial score (nSPS) is 20.2. The van der Waals surface area contributed by atoms with Gasteiger partial charge in [-0.15, -0.1) is 0 Å². The third-order valence-corrected chi connectivity index (χ3v) is 4.43. The molecular weight excluding hydrogens is 232 g/mol. The van der Waals surface area contributed by atoms with E-state index < -0.39 is 0 Å². The highest BCUT2D eigenvalue weighted by Gasteiger charge is 2.27. The summed E-state index contributed by atoms with van der Waals surface area (Å²) in [6, 6.07) is 8.70. The fraction of sp³-hybridized carbons (Fsp3) is 0.647. The highest BCUT2D eigenvalue weighted by atomic mass is 15.1. The second-order valence-corrected chi connectivity index (χ2v) is 6.45. The van der Waals surface area contributed by atoms with Crippen LogP contribution in [0.2, 0.25) is 0 Å². The zero-order chi connectivity index (χ0) is 13.7. The molecule has 1 aliphatic rings. The van der Waals surface area contributed by atoms with E-state index in [0.717, 1.165) is 19.5 Å². The molecule has 19 heavy (non-hydrogen) atoms. The summed E-state index contributed by atoms with van der Waals surface area (Å²) < 4.78 is 0. The minimum absolute atomic E-state index is 0.198. The first-order valence-electron chi connectivity index (χ1n) is 7.60. The maximum Gasteiger partial charge on any atom is 0.00506 e. The standard InChI is InChI=1S/C17H28N2/c1-15-8-4-5-9-16(15)12-17(2,13-18)14-19-10-6-3-7-11-19/h4-5,8-9H,3,6-7,10-14,18H2,1-2H3. The van der Waals surface area contributed by atoms with Gasteiger partial charge in [0.15, 0.2) is 0 Å². The lowest BCUT2D eigenvalue weighted by atomic mass is 9.81. The Kier molecular flexibility index (Phi) is 5.00. The highest BCUT2D eigenvalue weighted by molar-refractivity contribution is 5.26. The molecule has 0 bridgehead atoms. The number of piperidine rings is 1. The molecule has 0 radical (unpaired) electrons. The second-order valence-electron chi connectivity index (χ2n) is 6.45. The van der Waals surface area contributed by atoms with E-state index in [4.69, 9.17) is 5.73 Å². The van der Waals surface area contributed by atoms with Crippen molar-refractivity contribution in [2.24, 2.45) is 11.1 Å². The third-order valence-electron chi connectivity index (χ3n) is 4.43. The van der Waals surface area contributed by atoms with Crippen LogP contribution in [0.5, 0.6) is 0 Å². The van der Waals surface area contributed by atoms with Crippen LogP contribution in [-0.2, 0) is 6.42 Å². The molecule has 1 aromatic rings. The molecule has 0 spiro atoms. The molecule has 2 rings (SSSR count). The van der Waals surface area contributed by atoms with Crippen molar-refractivity contribution >= 4 is 0 Å². The van der Waals surface area contributed by atoms with E-state index >= 15 is 0 Å². The van der Waals surface area contributed by atoms with Gasteiger partial charge in [0.25, 0.3) is 0 Å². The Morgan fingerprint density at radius 3 is 2.47 bits per heavy atom. The van der Waals surface area contributed by atoms with Crippen molar-refractivity contribution in [3.05, 3.63) is 35.4 Å². The van der Waals surface area contributed by atoms with E-state index in [2.05, 4.69) is 43.0 Å². The van der Waals surface area contributed by atoms with E-state index in [-0.39, 0.29) is 5.41 Å². The minimum Gasteiger partial charge on any atom is -0.330 e. The van der Waals surface area contributed by atoms with Gasteiger partial charge in [-0.25, -0.2) is 0 Å². The number of aryl methyl sites for hydroxylation is 1. The molecule has 1 saturated heterocycles. The molecule has 0 saturated carbocycles. The lowest BCUT2D eigenvalue weighted by Crippen LogP contribution is -2.44. The van der Waals surface area contributed by atoms with Gasteiger partial charge in [-0.05, 0) is 62.4 Å². The summed E-state index contributed by atoms with van der Waals surface area (Å²) in [7, 11) is 0. The quantitative estimate of drug-likeness (QED) is 0.882. The zero-order valence-corrected chi connectivity index (χ0v) is 12.5. The van der Waals surface area contributed by atoms with Crippen molar-refractivity contribution in [2.45, 2.75) is 39.5 Å². The largest absolute Gasteiger partial charge is 0.330 e. The number of nitrogens with zero attached hydrogens (tertiary/aromatic N) is 1. The average Bonchev–Trinajstić information content (AvgIpc) is 2.42. The Bertz CT molecular complexity index is 396. The number of benzene rings is 1. The van der Waals surface area contributed by atoms with Gasteiger partial charge in [0.2, 0.25) is 0 Å². The Morgan fingerprint density at radius 2 is 1.84 bits per heavy atom. The maximum atomic E-state index is 6.10. The number of hydrogen-bond donors (Lipinski definition) is 1. The second kappa shape index (κ2) is 6.53. The zero-order valence-electron chi connectivity index (χ0n) is 12.5. The summed E-state index contributed by atoms with van der Waals surface area (Å²) >= 11 is 0. The maximum absolute atomic E-state index is 6.10. The van der Waals surface area contributed by atoms with Crippen molar-refractivity contribution < 1.29 is 0 Å². The fourth-order valence-corrected chi connectivity index (χ4v) is 3.12.